The monoisotopic (exact) mass is 379 g/mol. The maximum Gasteiger partial charge on any atom is 0.265 e. The molecule has 0 fully saturated rings. The van der Waals surface area contributed by atoms with Crippen LogP contribution in [0.15, 0.2) is 59.5 Å². The highest BCUT2D eigenvalue weighted by Gasteiger charge is 2.21. The molecule has 2 aromatic carbocycles. The van der Waals surface area contributed by atoms with Gasteiger partial charge in [0.2, 0.25) is 0 Å². The van der Waals surface area contributed by atoms with Crippen molar-refractivity contribution in [2.24, 2.45) is 0 Å². The molecule has 26 heavy (non-hydrogen) atoms. The Hall–Kier alpha value is -2.54. The molecule has 0 aliphatic heterocycles. The van der Waals surface area contributed by atoms with Crippen molar-refractivity contribution in [3.05, 3.63) is 71.7 Å². The van der Waals surface area contributed by atoms with Crippen molar-refractivity contribution < 1.29 is 21.6 Å². The van der Waals surface area contributed by atoms with Gasteiger partial charge in [-0.25, -0.2) is 21.6 Å². The minimum atomic E-state index is -3.35. The number of aromatic nitrogens is 1. The van der Waals surface area contributed by atoms with Crippen LogP contribution < -0.4 is 0 Å². The van der Waals surface area contributed by atoms with Gasteiger partial charge in [0.15, 0.2) is 9.84 Å². The zero-order valence-electron chi connectivity index (χ0n) is 14.1. The molecule has 0 N–H and O–H groups in total. The van der Waals surface area contributed by atoms with E-state index in [4.69, 9.17) is 0 Å². The Morgan fingerprint density at radius 3 is 2.04 bits per heavy atom. The summed E-state index contributed by atoms with van der Waals surface area (Å²) in [4.78, 5) is 0.145. The molecular formula is C19H16F3NO2S. The molecule has 7 heteroatoms. The van der Waals surface area contributed by atoms with E-state index in [9.17, 15) is 21.6 Å². The Morgan fingerprint density at radius 2 is 1.54 bits per heavy atom. The molecule has 3 rings (SSSR count). The summed E-state index contributed by atoms with van der Waals surface area (Å²) in [6.45, 7) is 1.57. The Kier molecular flexibility index (Phi) is 4.66. The number of hydrogen-bond donors (Lipinski definition) is 0. The highest BCUT2D eigenvalue weighted by molar-refractivity contribution is 7.90. The summed E-state index contributed by atoms with van der Waals surface area (Å²) in [6, 6.07) is 12.9. The molecule has 0 saturated carbocycles. The fourth-order valence-electron chi connectivity index (χ4n) is 2.86. The Bertz CT molecular complexity index is 1040. The van der Waals surface area contributed by atoms with Crippen LogP contribution in [0.3, 0.4) is 0 Å². The van der Waals surface area contributed by atoms with E-state index in [0.717, 1.165) is 6.26 Å². The first kappa shape index (κ1) is 18.3. The van der Waals surface area contributed by atoms with Gasteiger partial charge in [0.05, 0.1) is 10.6 Å². The molecule has 0 saturated heterocycles. The first-order chi connectivity index (χ1) is 12.2. The second kappa shape index (κ2) is 6.64. The van der Waals surface area contributed by atoms with Crippen LogP contribution in [0.5, 0.6) is 0 Å². The fourth-order valence-corrected chi connectivity index (χ4v) is 3.49. The molecular weight excluding hydrogens is 363 g/mol. The lowest BCUT2D eigenvalue weighted by Crippen LogP contribution is -2.01. The number of sulfone groups is 1. The van der Waals surface area contributed by atoms with Gasteiger partial charge >= 0.3 is 0 Å². The van der Waals surface area contributed by atoms with E-state index < -0.39 is 22.1 Å². The summed E-state index contributed by atoms with van der Waals surface area (Å²) in [5.41, 5.74) is 1.81. The van der Waals surface area contributed by atoms with Crippen LogP contribution in [0.1, 0.15) is 17.7 Å². The van der Waals surface area contributed by atoms with E-state index in [2.05, 4.69) is 0 Å². The van der Waals surface area contributed by atoms with Gasteiger partial charge < -0.3 is 4.57 Å². The molecule has 0 radical (unpaired) electrons. The SMILES string of the molecule is Cc1c(C(F)F)cc(-c2ccc(S(C)(=O)=O)cc2)n1-c1ccc(F)cc1. The summed E-state index contributed by atoms with van der Waals surface area (Å²) >= 11 is 0. The van der Waals surface area contributed by atoms with Crippen molar-refractivity contribution in [3.63, 3.8) is 0 Å². The lowest BCUT2D eigenvalue weighted by atomic mass is 10.1. The summed E-state index contributed by atoms with van der Waals surface area (Å²) in [5.74, 6) is -0.424. The molecule has 0 unspecified atom stereocenters. The maximum atomic E-state index is 13.4. The van der Waals surface area contributed by atoms with E-state index in [1.165, 1.54) is 42.5 Å². The molecule has 0 amide bonds. The number of alkyl halides is 2. The van der Waals surface area contributed by atoms with Gasteiger partial charge in [0, 0.05) is 23.2 Å². The Morgan fingerprint density at radius 1 is 0.962 bits per heavy atom. The van der Waals surface area contributed by atoms with Crippen LogP contribution in [-0.2, 0) is 9.84 Å². The van der Waals surface area contributed by atoms with Crippen LogP contribution in [-0.4, -0.2) is 19.2 Å². The smallest absolute Gasteiger partial charge is 0.265 e. The fraction of sp³-hybridized carbons (Fsp3) is 0.158. The lowest BCUT2D eigenvalue weighted by Gasteiger charge is -2.13. The molecule has 0 aliphatic rings. The summed E-state index contributed by atoms with van der Waals surface area (Å²) in [7, 11) is -3.35. The van der Waals surface area contributed by atoms with E-state index in [-0.39, 0.29) is 10.5 Å². The summed E-state index contributed by atoms with van der Waals surface area (Å²) in [5, 5.41) is 0. The minimum Gasteiger partial charge on any atom is -0.313 e. The highest BCUT2D eigenvalue weighted by atomic mass is 32.2. The molecule has 0 spiro atoms. The van der Waals surface area contributed by atoms with Crippen molar-refractivity contribution in [2.75, 3.05) is 6.26 Å². The van der Waals surface area contributed by atoms with E-state index in [1.54, 1.807) is 23.6 Å². The molecule has 1 aromatic heterocycles. The quantitative estimate of drug-likeness (QED) is 0.645. The Balaban J connectivity index is 2.20. The van der Waals surface area contributed by atoms with Crippen molar-refractivity contribution in [2.45, 2.75) is 18.2 Å². The van der Waals surface area contributed by atoms with Crippen molar-refractivity contribution in [1.29, 1.82) is 0 Å². The van der Waals surface area contributed by atoms with Crippen LogP contribution in [0.25, 0.3) is 16.9 Å². The average Bonchev–Trinajstić information content (AvgIpc) is 2.92. The number of benzene rings is 2. The number of nitrogens with zero attached hydrogens (tertiary/aromatic N) is 1. The molecule has 0 aliphatic carbocycles. The van der Waals surface area contributed by atoms with Gasteiger partial charge in [-0.1, -0.05) is 12.1 Å². The predicted octanol–water partition coefficient (Wildman–Crippen LogP) is 4.93. The first-order valence-electron chi connectivity index (χ1n) is 7.75. The van der Waals surface area contributed by atoms with Crippen molar-refractivity contribution in [1.82, 2.24) is 4.57 Å². The van der Waals surface area contributed by atoms with E-state index in [0.29, 0.717) is 22.6 Å². The second-order valence-corrected chi connectivity index (χ2v) is 8.00. The third kappa shape index (κ3) is 3.39. The van der Waals surface area contributed by atoms with Crippen LogP contribution in [0.2, 0.25) is 0 Å². The first-order valence-corrected chi connectivity index (χ1v) is 9.64. The number of halogens is 3. The molecule has 1 heterocycles. The largest absolute Gasteiger partial charge is 0.313 e. The Labute approximate surface area is 149 Å². The highest BCUT2D eigenvalue weighted by Crippen LogP contribution is 2.34. The van der Waals surface area contributed by atoms with Crippen LogP contribution in [0, 0.1) is 12.7 Å². The minimum absolute atomic E-state index is 0.128. The second-order valence-electron chi connectivity index (χ2n) is 5.98. The van der Waals surface area contributed by atoms with Gasteiger partial charge in [0.25, 0.3) is 6.43 Å². The number of hydrogen-bond acceptors (Lipinski definition) is 2. The maximum absolute atomic E-state index is 13.4. The topological polar surface area (TPSA) is 39.1 Å². The van der Waals surface area contributed by atoms with Gasteiger partial charge in [-0.05, 0) is 55.0 Å². The standard InChI is InChI=1S/C19H16F3NO2S/c1-12-17(19(21)22)11-18(23(12)15-7-5-14(20)6-8-15)13-3-9-16(10-4-13)26(2,24)25/h3-11,19H,1-2H3. The lowest BCUT2D eigenvalue weighted by molar-refractivity contribution is 0.150. The average molecular weight is 379 g/mol. The normalized spacial score (nSPS) is 11.9. The van der Waals surface area contributed by atoms with Crippen molar-refractivity contribution in [3.8, 4) is 16.9 Å². The zero-order valence-corrected chi connectivity index (χ0v) is 14.9. The molecule has 136 valence electrons. The molecule has 0 atom stereocenters. The van der Waals surface area contributed by atoms with Gasteiger partial charge in [0.1, 0.15) is 5.82 Å². The third-order valence-corrected chi connectivity index (χ3v) is 5.31. The van der Waals surface area contributed by atoms with Gasteiger partial charge in [-0.2, -0.15) is 0 Å². The van der Waals surface area contributed by atoms with Gasteiger partial charge in [-0.3, -0.25) is 0 Å². The molecule has 0 bridgehead atoms. The summed E-state index contributed by atoms with van der Waals surface area (Å²) in [6.07, 6.45) is -1.56. The van der Waals surface area contributed by atoms with Gasteiger partial charge in [-0.15, -0.1) is 0 Å². The van der Waals surface area contributed by atoms with Crippen LogP contribution in [0.4, 0.5) is 13.2 Å². The van der Waals surface area contributed by atoms with Crippen LogP contribution >= 0.6 is 0 Å². The zero-order chi connectivity index (χ0) is 19.1. The predicted molar refractivity (Wildman–Crippen MR) is 94.0 cm³/mol. The van der Waals surface area contributed by atoms with Crippen molar-refractivity contribution >= 4 is 9.84 Å². The molecule has 3 nitrogen and oxygen atoms in total. The summed E-state index contributed by atoms with van der Waals surface area (Å²) < 4.78 is 64.8. The molecule has 3 aromatic rings. The van der Waals surface area contributed by atoms with E-state index >= 15 is 0 Å². The number of rotatable bonds is 4. The van der Waals surface area contributed by atoms with E-state index in [1.807, 2.05) is 0 Å². The third-order valence-electron chi connectivity index (χ3n) is 4.18.